The van der Waals surface area contributed by atoms with Gasteiger partial charge in [0.15, 0.2) is 0 Å². The number of carbonyl (C=O) groups is 1. The highest BCUT2D eigenvalue weighted by Crippen LogP contribution is 2.18. The minimum atomic E-state index is -0.297. The lowest BCUT2D eigenvalue weighted by molar-refractivity contribution is -0.120. The number of amides is 1. The Morgan fingerprint density at radius 2 is 2.00 bits per heavy atom. The van der Waals surface area contributed by atoms with Gasteiger partial charge in [-0.05, 0) is 20.3 Å². The van der Waals surface area contributed by atoms with Gasteiger partial charge in [-0.1, -0.05) is 26.2 Å². The molecule has 0 spiro atoms. The minimum Gasteiger partial charge on any atom is -0.375 e. The molecule has 2 N–H and O–H groups in total. The molecule has 0 atom stereocenters. The first-order chi connectivity index (χ1) is 6.48. The summed E-state index contributed by atoms with van der Waals surface area (Å²) in [6.45, 7) is 6.74. The lowest BCUT2D eigenvalue weighted by Crippen LogP contribution is -2.26. The average Bonchev–Trinajstić information content (AvgIpc) is 2.03. The largest absolute Gasteiger partial charge is 0.375 e. The third-order valence-corrected chi connectivity index (χ3v) is 2.22. The molecule has 0 radical (unpaired) electrons. The Bertz CT molecular complexity index is 167. The molecule has 0 heterocycles. The number of carbonyl (C=O) groups excluding carboxylic acids is 1. The van der Waals surface area contributed by atoms with E-state index in [1.165, 1.54) is 19.3 Å². The van der Waals surface area contributed by atoms with E-state index < -0.39 is 0 Å². The Morgan fingerprint density at radius 1 is 1.36 bits per heavy atom. The molecule has 0 aliphatic rings. The van der Waals surface area contributed by atoms with Gasteiger partial charge in [-0.15, -0.1) is 0 Å². The van der Waals surface area contributed by atoms with Gasteiger partial charge in [-0.3, -0.25) is 4.79 Å². The summed E-state index contributed by atoms with van der Waals surface area (Å²) < 4.78 is 5.59. The summed E-state index contributed by atoms with van der Waals surface area (Å²) in [5.41, 5.74) is 4.90. The number of unbranched alkanes of at least 4 members (excludes halogenated alkanes) is 2. The van der Waals surface area contributed by atoms with Crippen LogP contribution in [0.25, 0.3) is 0 Å². The van der Waals surface area contributed by atoms with Gasteiger partial charge in [0.2, 0.25) is 5.91 Å². The maximum atomic E-state index is 10.5. The van der Waals surface area contributed by atoms with Crippen LogP contribution in [0.2, 0.25) is 0 Å². The van der Waals surface area contributed by atoms with Crippen LogP contribution < -0.4 is 5.73 Å². The van der Waals surface area contributed by atoms with Crippen LogP contribution in [0, 0.1) is 0 Å². The molecule has 0 aliphatic carbocycles. The molecule has 0 aliphatic heterocycles. The second kappa shape index (κ2) is 6.82. The molecule has 0 rings (SSSR count). The van der Waals surface area contributed by atoms with Crippen LogP contribution in [0.1, 0.15) is 52.9 Å². The Morgan fingerprint density at radius 3 is 2.50 bits per heavy atom. The molecule has 0 unspecified atom stereocenters. The normalized spacial score (nSPS) is 11.6. The van der Waals surface area contributed by atoms with E-state index in [0.717, 1.165) is 6.42 Å². The Hall–Kier alpha value is -0.570. The SMILES string of the molecule is CCCCCC(C)(C)OCCC(N)=O. The molecule has 3 heteroatoms. The zero-order valence-electron chi connectivity index (χ0n) is 9.64. The van der Waals surface area contributed by atoms with Gasteiger partial charge in [-0.25, -0.2) is 0 Å². The maximum absolute atomic E-state index is 10.5. The minimum absolute atomic E-state index is 0.120. The van der Waals surface area contributed by atoms with Gasteiger partial charge in [0.05, 0.1) is 12.2 Å². The first kappa shape index (κ1) is 13.4. The van der Waals surface area contributed by atoms with Crippen molar-refractivity contribution in [2.45, 2.75) is 58.5 Å². The first-order valence-corrected chi connectivity index (χ1v) is 5.40. The van der Waals surface area contributed by atoms with E-state index in [2.05, 4.69) is 20.8 Å². The van der Waals surface area contributed by atoms with E-state index in [4.69, 9.17) is 10.5 Å². The Balaban J connectivity index is 3.55. The fourth-order valence-electron chi connectivity index (χ4n) is 1.30. The van der Waals surface area contributed by atoms with E-state index in [1.807, 2.05) is 0 Å². The molecule has 1 amide bonds. The summed E-state index contributed by atoms with van der Waals surface area (Å²) >= 11 is 0. The fourth-order valence-corrected chi connectivity index (χ4v) is 1.30. The number of nitrogens with two attached hydrogens (primary N) is 1. The fraction of sp³-hybridized carbons (Fsp3) is 0.909. The molecule has 0 bridgehead atoms. The van der Waals surface area contributed by atoms with Gasteiger partial charge in [-0.2, -0.15) is 0 Å². The van der Waals surface area contributed by atoms with Gasteiger partial charge < -0.3 is 10.5 Å². The molecule has 84 valence electrons. The van der Waals surface area contributed by atoms with E-state index >= 15 is 0 Å². The summed E-state index contributed by atoms with van der Waals surface area (Å²) in [5, 5.41) is 0. The number of rotatable bonds is 8. The molecule has 0 aromatic rings. The summed E-state index contributed by atoms with van der Waals surface area (Å²) in [5.74, 6) is -0.297. The molecule has 3 nitrogen and oxygen atoms in total. The third-order valence-electron chi connectivity index (χ3n) is 2.22. The lowest BCUT2D eigenvalue weighted by Gasteiger charge is -2.25. The number of hydrogen-bond donors (Lipinski definition) is 1. The summed E-state index contributed by atoms with van der Waals surface area (Å²) in [7, 11) is 0. The number of primary amides is 1. The molecule has 0 aromatic carbocycles. The highest BCUT2D eigenvalue weighted by molar-refractivity contribution is 5.73. The van der Waals surface area contributed by atoms with Gasteiger partial charge in [0.25, 0.3) is 0 Å². The monoisotopic (exact) mass is 201 g/mol. The molecular weight excluding hydrogens is 178 g/mol. The standard InChI is InChI=1S/C11H23NO2/c1-4-5-6-8-11(2,3)14-9-7-10(12)13/h4-9H2,1-3H3,(H2,12,13). The van der Waals surface area contributed by atoms with Crippen LogP contribution in [0.15, 0.2) is 0 Å². The van der Waals surface area contributed by atoms with Crippen molar-refractivity contribution in [3.8, 4) is 0 Å². The predicted octanol–water partition coefficient (Wildman–Crippen LogP) is 2.24. The maximum Gasteiger partial charge on any atom is 0.219 e. The Labute approximate surface area is 87.0 Å². The zero-order chi connectivity index (χ0) is 11.0. The van der Waals surface area contributed by atoms with Crippen LogP contribution in [0.5, 0.6) is 0 Å². The lowest BCUT2D eigenvalue weighted by atomic mass is 10.0. The smallest absolute Gasteiger partial charge is 0.219 e. The van der Waals surface area contributed by atoms with Crippen molar-refractivity contribution in [1.29, 1.82) is 0 Å². The quantitative estimate of drug-likeness (QED) is 0.612. The highest BCUT2D eigenvalue weighted by Gasteiger charge is 2.17. The molecular formula is C11H23NO2. The van der Waals surface area contributed by atoms with Crippen molar-refractivity contribution in [3.63, 3.8) is 0 Å². The predicted molar refractivity (Wildman–Crippen MR) is 58.0 cm³/mol. The topological polar surface area (TPSA) is 52.3 Å². The zero-order valence-corrected chi connectivity index (χ0v) is 9.64. The van der Waals surface area contributed by atoms with Gasteiger partial charge in [0.1, 0.15) is 0 Å². The summed E-state index contributed by atoms with van der Waals surface area (Å²) in [6, 6.07) is 0. The van der Waals surface area contributed by atoms with Gasteiger partial charge >= 0.3 is 0 Å². The number of ether oxygens (including phenoxy) is 1. The van der Waals surface area contributed by atoms with Crippen LogP contribution in [-0.4, -0.2) is 18.1 Å². The van der Waals surface area contributed by atoms with Gasteiger partial charge in [0, 0.05) is 6.42 Å². The van der Waals surface area contributed by atoms with Crippen LogP contribution in [0.4, 0.5) is 0 Å². The van der Waals surface area contributed by atoms with Crippen molar-refractivity contribution in [3.05, 3.63) is 0 Å². The molecule has 0 aromatic heterocycles. The van der Waals surface area contributed by atoms with Crippen LogP contribution in [-0.2, 0) is 9.53 Å². The molecule has 0 saturated carbocycles. The molecule has 0 fully saturated rings. The van der Waals surface area contributed by atoms with E-state index in [-0.39, 0.29) is 11.5 Å². The Kier molecular flexibility index (Phi) is 6.54. The van der Waals surface area contributed by atoms with Crippen LogP contribution >= 0.6 is 0 Å². The van der Waals surface area contributed by atoms with Crippen molar-refractivity contribution >= 4 is 5.91 Å². The van der Waals surface area contributed by atoms with Crippen molar-refractivity contribution in [2.75, 3.05) is 6.61 Å². The highest BCUT2D eigenvalue weighted by atomic mass is 16.5. The molecule has 0 saturated heterocycles. The second-order valence-electron chi connectivity index (χ2n) is 4.28. The van der Waals surface area contributed by atoms with Crippen molar-refractivity contribution in [2.24, 2.45) is 5.73 Å². The molecule has 14 heavy (non-hydrogen) atoms. The second-order valence-corrected chi connectivity index (χ2v) is 4.28. The van der Waals surface area contributed by atoms with E-state index in [9.17, 15) is 4.79 Å². The summed E-state index contributed by atoms with van der Waals surface area (Å²) in [6.07, 6.45) is 5.00. The third kappa shape index (κ3) is 8.05. The van der Waals surface area contributed by atoms with E-state index in [1.54, 1.807) is 0 Å². The first-order valence-electron chi connectivity index (χ1n) is 5.40. The summed E-state index contributed by atoms with van der Waals surface area (Å²) in [4.78, 5) is 10.5. The van der Waals surface area contributed by atoms with Crippen molar-refractivity contribution < 1.29 is 9.53 Å². The average molecular weight is 201 g/mol. The van der Waals surface area contributed by atoms with Crippen LogP contribution in [0.3, 0.4) is 0 Å². The van der Waals surface area contributed by atoms with Crippen molar-refractivity contribution in [1.82, 2.24) is 0 Å². The number of hydrogen-bond acceptors (Lipinski definition) is 2. The van der Waals surface area contributed by atoms with E-state index in [0.29, 0.717) is 13.0 Å².